The van der Waals surface area contributed by atoms with E-state index in [4.69, 9.17) is 5.11 Å². The van der Waals surface area contributed by atoms with Crippen LogP contribution in [0.3, 0.4) is 0 Å². The van der Waals surface area contributed by atoms with E-state index in [9.17, 15) is 14.4 Å². The SMILES string of the molecule is C=C(C(=O)O)C(CC(=O)OCC)C(=O)OCC. The van der Waals surface area contributed by atoms with Crippen molar-refractivity contribution in [3.8, 4) is 0 Å². The van der Waals surface area contributed by atoms with Gasteiger partial charge < -0.3 is 14.6 Å². The fraction of sp³-hybridized carbons (Fsp3) is 0.545. The maximum Gasteiger partial charge on any atom is 0.331 e. The van der Waals surface area contributed by atoms with E-state index in [1.807, 2.05) is 0 Å². The molecule has 6 heteroatoms. The third-order valence-corrected chi connectivity index (χ3v) is 1.94. The molecule has 0 rings (SSSR count). The summed E-state index contributed by atoms with van der Waals surface area (Å²) in [6.45, 7) is 6.73. The highest BCUT2D eigenvalue weighted by Gasteiger charge is 2.30. The van der Waals surface area contributed by atoms with Crippen molar-refractivity contribution in [2.75, 3.05) is 13.2 Å². The van der Waals surface area contributed by atoms with Gasteiger partial charge in [0.15, 0.2) is 0 Å². The van der Waals surface area contributed by atoms with Crippen molar-refractivity contribution in [1.82, 2.24) is 0 Å². The smallest absolute Gasteiger partial charge is 0.331 e. The van der Waals surface area contributed by atoms with E-state index in [0.29, 0.717) is 0 Å². The molecule has 0 saturated heterocycles. The van der Waals surface area contributed by atoms with E-state index in [1.165, 1.54) is 0 Å². The van der Waals surface area contributed by atoms with Gasteiger partial charge in [-0.1, -0.05) is 6.58 Å². The Labute approximate surface area is 99.2 Å². The highest BCUT2D eigenvalue weighted by atomic mass is 16.5. The van der Waals surface area contributed by atoms with Crippen LogP contribution in [0.5, 0.6) is 0 Å². The summed E-state index contributed by atoms with van der Waals surface area (Å²) in [6, 6.07) is 0. The standard InChI is InChI=1S/C11H16O6/c1-4-16-9(12)6-8(7(3)10(13)14)11(15)17-5-2/h8H,3-6H2,1-2H3,(H,13,14). The molecule has 0 spiro atoms. The fourth-order valence-corrected chi connectivity index (χ4v) is 1.13. The van der Waals surface area contributed by atoms with E-state index in [0.717, 1.165) is 0 Å². The molecule has 6 nitrogen and oxygen atoms in total. The van der Waals surface area contributed by atoms with Gasteiger partial charge in [0.25, 0.3) is 0 Å². The molecule has 1 N–H and O–H groups in total. The molecule has 0 saturated carbocycles. The van der Waals surface area contributed by atoms with Crippen LogP contribution in [0, 0.1) is 5.92 Å². The summed E-state index contributed by atoms with van der Waals surface area (Å²) >= 11 is 0. The van der Waals surface area contributed by atoms with Crippen LogP contribution < -0.4 is 0 Å². The Morgan fingerprint density at radius 3 is 2.12 bits per heavy atom. The Balaban J connectivity index is 4.73. The van der Waals surface area contributed by atoms with Gasteiger partial charge in [-0.25, -0.2) is 4.79 Å². The van der Waals surface area contributed by atoms with E-state index in [2.05, 4.69) is 16.1 Å². The molecule has 0 aromatic rings. The van der Waals surface area contributed by atoms with Gasteiger partial charge in [-0.15, -0.1) is 0 Å². The van der Waals surface area contributed by atoms with E-state index >= 15 is 0 Å². The molecule has 0 fully saturated rings. The Kier molecular flexibility index (Phi) is 6.62. The maximum atomic E-state index is 11.5. The first-order valence-corrected chi connectivity index (χ1v) is 5.18. The van der Waals surface area contributed by atoms with Gasteiger partial charge in [0.2, 0.25) is 0 Å². The number of rotatable bonds is 7. The molecule has 1 atom stereocenters. The van der Waals surface area contributed by atoms with Crippen LogP contribution in [0.15, 0.2) is 12.2 Å². The largest absolute Gasteiger partial charge is 0.478 e. The Morgan fingerprint density at radius 2 is 1.71 bits per heavy atom. The number of carboxylic acid groups (broad SMARTS) is 1. The number of carbonyl (C=O) groups is 3. The predicted octanol–water partition coefficient (Wildman–Crippen LogP) is 0.760. The lowest BCUT2D eigenvalue weighted by molar-refractivity contribution is -0.154. The van der Waals surface area contributed by atoms with Crippen LogP contribution in [-0.4, -0.2) is 36.2 Å². The second-order valence-corrected chi connectivity index (χ2v) is 3.14. The molecule has 96 valence electrons. The van der Waals surface area contributed by atoms with Crippen LogP contribution in [0.25, 0.3) is 0 Å². The van der Waals surface area contributed by atoms with Crippen molar-refractivity contribution in [2.45, 2.75) is 20.3 Å². The van der Waals surface area contributed by atoms with E-state index in [1.54, 1.807) is 13.8 Å². The second-order valence-electron chi connectivity index (χ2n) is 3.14. The molecule has 0 radical (unpaired) electrons. The highest BCUT2D eigenvalue weighted by molar-refractivity contribution is 5.95. The van der Waals surface area contributed by atoms with Crippen molar-refractivity contribution in [3.63, 3.8) is 0 Å². The van der Waals surface area contributed by atoms with Gasteiger partial charge in [-0.2, -0.15) is 0 Å². The lowest BCUT2D eigenvalue weighted by atomic mass is 9.97. The molecule has 0 heterocycles. The van der Waals surface area contributed by atoms with Crippen LogP contribution >= 0.6 is 0 Å². The Hall–Kier alpha value is -1.85. The quantitative estimate of drug-likeness (QED) is 0.525. The first-order valence-electron chi connectivity index (χ1n) is 5.18. The summed E-state index contributed by atoms with van der Waals surface area (Å²) in [6.07, 6.45) is -0.377. The lowest BCUT2D eigenvalue weighted by Gasteiger charge is -2.14. The number of aliphatic carboxylic acids is 1. The summed E-state index contributed by atoms with van der Waals surface area (Å²) in [5.74, 6) is -3.99. The topological polar surface area (TPSA) is 89.9 Å². The summed E-state index contributed by atoms with van der Waals surface area (Å²) < 4.78 is 9.33. The monoisotopic (exact) mass is 244 g/mol. The fourth-order valence-electron chi connectivity index (χ4n) is 1.13. The highest BCUT2D eigenvalue weighted by Crippen LogP contribution is 2.17. The number of hydrogen-bond acceptors (Lipinski definition) is 5. The number of esters is 2. The zero-order chi connectivity index (χ0) is 13.4. The Bertz CT molecular complexity index is 320. The van der Waals surface area contributed by atoms with Crippen molar-refractivity contribution in [2.24, 2.45) is 5.92 Å². The minimum absolute atomic E-state index is 0.102. The summed E-state index contributed by atoms with van der Waals surface area (Å²) in [5, 5.41) is 8.75. The zero-order valence-electron chi connectivity index (χ0n) is 9.89. The number of ether oxygens (including phenoxy) is 2. The van der Waals surface area contributed by atoms with Gasteiger partial charge in [0.1, 0.15) is 0 Å². The summed E-state index contributed by atoms with van der Waals surface area (Å²) in [4.78, 5) is 33.4. The normalized spacial score (nSPS) is 11.4. The predicted molar refractivity (Wildman–Crippen MR) is 58.1 cm³/mol. The zero-order valence-corrected chi connectivity index (χ0v) is 9.89. The third-order valence-electron chi connectivity index (χ3n) is 1.94. The minimum atomic E-state index is -1.34. The molecule has 0 aliphatic heterocycles. The van der Waals surface area contributed by atoms with Gasteiger partial charge >= 0.3 is 17.9 Å². The molecule has 0 aliphatic rings. The van der Waals surface area contributed by atoms with Crippen molar-refractivity contribution < 1.29 is 29.0 Å². The average molecular weight is 244 g/mol. The van der Waals surface area contributed by atoms with Crippen LogP contribution in [0.4, 0.5) is 0 Å². The summed E-state index contributed by atoms with van der Waals surface area (Å²) in [7, 11) is 0. The molecular weight excluding hydrogens is 228 g/mol. The first kappa shape index (κ1) is 15.2. The first-order chi connectivity index (χ1) is 7.93. The number of carbonyl (C=O) groups excluding carboxylic acids is 2. The average Bonchev–Trinajstić information content (AvgIpc) is 2.25. The van der Waals surface area contributed by atoms with Crippen molar-refractivity contribution >= 4 is 17.9 Å². The van der Waals surface area contributed by atoms with Gasteiger partial charge in [-0.05, 0) is 13.8 Å². The van der Waals surface area contributed by atoms with Crippen LogP contribution in [0.1, 0.15) is 20.3 Å². The molecular formula is C11H16O6. The molecule has 0 aliphatic carbocycles. The third kappa shape index (κ3) is 5.14. The molecule has 1 unspecified atom stereocenters. The second kappa shape index (κ2) is 7.43. The molecule has 17 heavy (non-hydrogen) atoms. The van der Waals surface area contributed by atoms with Crippen LogP contribution in [-0.2, 0) is 23.9 Å². The van der Waals surface area contributed by atoms with Crippen molar-refractivity contribution in [3.05, 3.63) is 12.2 Å². The number of hydrogen-bond donors (Lipinski definition) is 1. The Morgan fingerprint density at radius 1 is 1.18 bits per heavy atom. The van der Waals surface area contributed by atoms with Crippen LogP contribution in [0.2, 0.25) is 0 Å². The molecule has 0 amide bonds. The maximum absolute atomic E-state index is 11.5. The van der Waals surface area contributed by atoms with Gasteiger partial charge in [0, 0.05) is 5.57 Å². The van der Waals surface area contributed by atoms with Gasteiger partial charge in [-0.3, -0.25) is 9.59 Å². The summed E-state index contributed by atoms with van der Waals surface area (Å²) in [5.41, 5.74) is -0.378. The van der Waals surface area contributed by atoms with E-state index < -0.39 is 23.8 Å². The van der Waals surface area contributed by atoms with E-state index in [-0.39, 0.29) is 25.2 Å². The lowest BCUT2D eigenvalue weighted by Crippen LogP contribution is -2.26. The number of carboxylic acids is 1. The molecule has 0 aromatic carbocycles. The minimum Gasteiger partial charge on any atom is -0.478 e. The van der Waals surface area contributed by atoms with Gasteiger partial charge in [0.05, 0.1) is 25.6 Å². The molecule has 0 aromatic heterocycles. The molecule has 0 bridgehead atoms. The van der Waals surface area contributed by atoms with Crippen molar-refractivity contribution in [1.29, 1.82) is 0 Å².